The van der Waals surface area contributed by atoms with Crippen LogP contribution in [0.4, 0.5) is 13.2 Å². The Morgan fingerprint density at radius 3 is 1.80 bits per heavy atom. The standard InChI is InChI=1S/C14H7Cl2F3O/c15-11-5-9(6-12(16)7-11)13(20)8-1-3-10(4-2-8)14(17,18)19/h1-7H. The van der Waals surface area contributed by atoms with Crippen LogP contribution in [0, 0.1) is 0 Å². The minimum atomic E-state index is -4.43. The first-order valence-corrected chi connectivity index (χ1v) is 6.21. The topological polar surface area (TPSA) is 17.1 Å². The highest BCUT2D eigenvalue weighted by Crippen LogP contribution is 2.29. The number of rotatable bonds is 2. The van der Waals surface area contributed by atoms with Crippen LogP contribution in [0.5, 0.6) is 0 Å². The molecule has 0 spiro atoms. The Morgan fingerprint density at radius 1 is 0.850 bits per heavy atom. The van der Waals surface area contributed by atoms with Gasteiger partial charge in [-0.1, -0.05) is 35.3 Å². The molecule has 0 aliphatic rings. The fourth-order valence-corrected chi connectivity index (χ4v) is 2.19. The molecule has 20 heavy (non-hydrogen) atoms. The van der Waals surface area contributed by atoms with Crippen molar-refractivity contribution in [2.75, 3.05) is 0 Å². The Hall–Kier alpha value is -1.52. The van der Waals surface area contributed by atoms with Crippen LogP contribution in [0.1, 0.15) is 21.5 Å². The third-order valence-corrected chi connectivity index (χ3v) is 3.04. The number of halogens is 5. The molecule has 2 aromatic carbocycles. The molecule has 0 atom stereocenters. The van der Waals surface area contributed by atoms with Crippen molar-refractivity contribution in [1.29, 1.82) is 0 Å². The van der Waals surface area contributed by atoms with Gasteiger partial charge in [-0.05, 0) is 30.3 Å². The van der Waals surface area contributed by atoms with Crippen molar-refractivity contribution >= 4 is 29.0 Å². The molecule has 2 rings (SSSR count). The zero-order chi connectivity index (χ0) is 14.9. The summed E-state index contributed by atoms with van der Waals surface area (Å²) in [5.74, 6) is -0.442. The van der Waals surface area contributed by atoms with Crippen LogP contribution in [-0.2, 0) is 6.18 Å². The molecule has 0 bridgehead atoms. The summed E-state index contributed by atoms with van der Waals surface area (Å²) in [7, 11) is 0. The second-order valence-electron chi connectivity index (χ2n) is 4.06. The van der Waals surface area contributed by atoms with Gasteiger partial charge in [0.2, 0.25) is 0 Å². The molecule has 0 aromatic heterocycles. The van der Waals surface area contributed by atoms with E-state index in [0.717, 1.165) is 24.3 Å². The molecule has 0 N–H and O–H groups in total. The lowest BCUT2D eigenvalue weighted by Crippen LogP contribution is -2.06. The average molecular weight is 319 g/mol. The molecule has 0 fully saturated rings. The van der Waals surface area contributed by atoms with E-state index >= 15 is 0 Å². The van der Waals surface area contributed by atoms with Crippen LogP contribution in [0.15, 0.2) is 42.5 Å². The zero-order valence-corrected chi connectivity index (χ0v) is 11.4. The molecule has 6 heteroatoms. The predicted molar refractivity (Wildman–Crippen MR) is 71.3 cm³/mol. The average Bonchev–Trinajstić information content (AvgIpc) is 2.36. The van der Waals surface area contributed by atoms with Gasteiger partial charge in [0, 0.05) is 21.2 Å². The zero-order valence-electron chi connectivity index (χ0n) is 9.84. The first kappa shape index (κ1) is 14.9. The molecule has 1 nitrogen and oxygen atoms in total. The summed E-state index contributed by atoms with van der Waals surface area (Å²) < 4.78 is 37.3. The third kappa shape index (κ3) is 3.32. The number of alkyl halides is 3. The van der Waals surface area contributed by atoms with Crippen LogP contribution in [0.25, 0.3) is 0 Å². The van der Waals surface area contributed by atoms with Crippen LogP contribution >= 0.6 is 23.2 Å². The second kappa shape index (κ2) is 5.46. The Kier molecular flexibility index (Phi) is 4.06. The molecular weight excluding hydrogens is 312 g/mol. The van der Waals surface area contributed by atoms with Gasteiger partial charge in [-0.2, -0.15) is 13.2 Å². The first-order valence-electron chi connectivity index (χ1n) is 5.45. The van der Waals surface area contributed by atoms with Gasteiger partial charge in [0.05, 0.1) is 5.56 Å². The van der Waals surface area contributed by atoms with E-state index in [1.807, 2.05) is 0 Å². The highest BCUT2D eigenvalue weighted by atomic mass is 35.5. The Bertz CT molecular complexity index is 628. The molecular formula is C14H7Cl2F3O. The van der Waals surface area contributed by atoms with Crippen molar-refractivity contribution in [3.63, 3.8) is 0 Å². The third-order valence-electron chi connectivity index (χ3n) is 2.60. The molecule has 0 saturated heterocycles. The van der Waals surface area contributed by atoms with E-state index in [2.05, 4.69) is 0 Å². The predicted octanol–water partition coefficient (Wildman–Crippen LogP) is 5.24. The van der Waals surface area contributed by atoms with Crippen LogP contribution in [0.3, 0.4) is 0 Å². The van der Waals surface area contributed by atoms with Crippen LogP contribution in [0.2, 0.25) is 10.0 Å². The van der Waals surface area contributed by atoms with Gasteiger partial charge in [0.15, 0.2) is 5.78 Å². The second-order valence-corrected chi connectivity index (χ2v) is 4.94. The van der Waals surface area contributed by atoms with Gasteiger partial charge < -0.3 is 0 Å². The highest BCUT2D eigenvalue weighted by Gasteiger charge is 2.30. The van der Waals surface area contributed by atoms with E-state index in [1.165, 1.54) is 18.2 Å². The molecule has 2 aromatic rings. The lowest BCUT2D eigenvalue weighted by molar-refractivity contribution is -0.137. The number of ketones is 1. The summed E-state index contributed by atoms with van der Waals surface area (Å²) in [4.78, 5) is 12.1. The number of hydrogen-bond acceptors (Lipinski definition) is 1. The van der Waals surface area contributed by atoms with Gasteiger partial charge in [0.1, 0.15) is 0 Å². The maximum atomic E-state index is 12.4. The molecule has 0 saturated carbocycles. The largest absolute Gasteiger partial charge is 0.416 e. The highest BCUT2D eigenvalue weighted by molar-refractivity contribution is 6.35. The van der Waals surface area contributed by atoms with Crippen LogP contribution in [-0.4, -0.2) is 5.78 Å². The summed E-state index contributed by atoms with van der Waals surface area (Å²) in [5.41, 5.74) is -0.447. The van der Waals surface area contributed by atoms with E-state index in [4.69, 9.17) is 23.2 Å². The summed E-state index contributed by atoms with van der Waals surface area (Å²) in [6.45, 7) is 0. The SMILES string of the molecule is O=C(c1ccc(C(F)(F)F)cc1)c1cc(Cl)cc(Cl)c1. The Labute approximate surface area is 122 Å². The fourth-order valence-electron chi connectivity index (χ4n) is 1.66. The van der Waals surface area contributed by atoms with Crippen molar-refractivity contribution in [1.82, 2.24) is 0 Å². The molecule has 0 heterocycles. The fraction of sp³-hybridized carbons (Fsp3) is 0.0714. The van der Waals surface area contributed by atoms with E-state index in [1.54, 1.807) is 0 Å². The first-order chi connectivity index (χ1) is 9.27. The molecule has 0 aliphatic heterocycles. The van der Waals surface area contributed by atoms with E-state index in [0.29, 0.717) is 0 Å². The molecule has 104 valence electrons. The Balaban J connectivity index is 2.34. The summed E-state index contributed by atoms with van der Waals surface area (Å²) >= 11 is 11.6. The van der Waals surface area contributed by atoms with Crippen molar-refractivity contribution in [2.24, 2.45) is 0 Å². The Morgan fingerprint density at radius 2 is 1.35 bits per heavy atom. The van der Waals surface area contributed by atoms with Gasteiger partial charge in [-0.3, -0.25) is 4.79 Å². The van der Waals surface area contributed by atoms with E-state index < -0.39 is 17.5 Å². The van der Waals surface area contributed by atoms with Gasteiger partial charge in [-0.15, -0.1) is 0 Å². The summed E-state index contributed by atoms with van der Waals surface area (Å²) in [6.07, 6.45) is -4.43. The lowest BCUT2D eigenvalue weighted by atomic mass is 10.0. The van der Waals surface area contributed by atoms with E-state index in [-0.39, 0.29) is 21.2 Å². The number of carbonyl (C=O) groups is 1. The molecule has 0 aliphatic carbocycles. The number of carbonyl (C=O) groups excluding carboxylic acids is 1. The van der Waals surface area contributed by atoms with Gasteiger partial charge in [-0.25, -0.2) is 0 Å². The smallest absolute Gasteiger partial charge is 0.289 e. The normalized spacial score (nSPS) is 11.4. The summed E-state index contributed by atoms with van der Waals surface area (Å²) in [6, 6.07) is 8.26. The van der Waals surface area contributed by atoms with Crippen LogP contribution < -0.4 is 0 Å². The number of benzene rings is 2. The van der Waals surface area contributed by atoms with Gasteiger partial charge in [0.25, 0.3) is 0 Å². The minimum Gasteiger partial charge on any atom is -0.289 e. The monoisotopic (exact) mass is 318 g/mol. The maximum Gasteiger partial charge on any atom is 0.416 e. The molecule has 0 radical (unpaired) electrons. The van der Waals surface area contributed by atoms with Crippen molar-refractivity contribution in [2.45, 2.75) is 6.18 Å². The molecule has 0 amide bonds. The summed E-state index contributed by atoms with van der Waals surface area (Å²) in [5, 5.41) is 0.570. The number of hydrogen-bond donors (Lipinski definition) is 0. The van der Waals surface area contributed by atoms with Crippen molar-refractivity contribution in [3.05, 3.63) is 69.2 Å². The lowest BCUT2D eigenvalue weighted by Gasteiger charge is -2.07. The minimum absolute atomic E-state index is 0.135. The van der Waals surface area contributed by atoms with Gasteiger partial charge >= 0.3 is 6.18 Å². The molecule has 0 unspecified atom stereocenters. The van der Waals surface area contributed by atoms with E-state index in [9.17, 15) is 18.0 Å². The maximum absolute atomic E-state index is 12.4. The van der Waals surface area contributed by atoms with Crippen molar-refractivity contribution in [3.8, 4) is 0 Å². The quantitative estimate of drug-likeness (QED) is 0.692. The van der Waals surface area contributed by atoms with Crippen molar-refractivity contribution < 1.29 is 18.0 Å².